The first-order valence-electron chi connectivity index (χ1n) is 6.72. The number of carbonyl (C=O) groups is 2. The van der Waals surface area contributed by atoms with Gasteiger partial charge in [-0.25, -0.2) is 4.79 Å². The summed E-state index contributed by atoms with van der Waals surface area (Å²) in [4.78, 5) is 22.7. The summed E-state index contributed by atoms with van der Waals surface area (Å²) in [6.07, 6.45) is 5.98. The number of carbonyl (C=O) groups excluding carboxylic acids is 1. The number of hydrogen-bond acceptors (Lipinski definition) is 2. The number of carboxylic acid groups (broad SMARTS) is 1. The first-order chi connectivity index (χ1) is 9.04. The highest BCUT2D eigenvalue weighted by Gasteiger charge is 2.12. The Morgan fingerprint density at radius 1 is 1.42 bits per heavy atom. The van der Waals surface area contributed by atoms with E-state index in [4.69, 9.17) is 5.11 Å². The number of nitrogens with zero attached hydrogens (tertiary/aromatic N) is 1. The zero-order chi connectivity index (χ0) is 14.3. The Labute approximate surface area is 113 Å². The summed E-state index contributed by atoms with van der Waals surface area (Å²) in [5.41, 5.74) is 0.133. The number of nitrogens with one attached hydrogen (secondary N) is 1. The summed E-state index contributed by atoms with van der Waals surface area (Å²) in [6.45, 7) is 4.16. The Balaban J connectivity index is 2.42. The standard InChI is InChI=1S/C14H22N2O3/c1-3-4-5-7-11(2)15-13(17)10-16-9-6-8-12(16)14(18)19/h6,8-9,11H,3-5,7,10H2,1-2H3,(H,15,17)(H,18,19). The van der Waals surface area contributed by atoms with Crippen LogP contribution >= 0.6 is 0 Å². The first-order valence-corrected chi connectivity index (χ1v) is 6.72. The molecular formula is C14H22N2O3. The minimum atomic E-state index is -1.02. The number of amides is 1. The third-order valence-electron chi connectivity index (χ3n) is 3.01. The molecule has 5 nitrogen and oxygen atoms in total. The van der Waals surface area contributed by atoms with Crippen LogP contribution < -0.4 is 5.32 Å². The maximum atomic E-state index is 11.8. The fraction of sp³-hybridized carbons (Fsp3) is 0.571. The van der Waals surface area contributed by atoms with Crippen LogP contribution in [0.5, 0.6) is 0 Å². The van der Waals surface area contributed by atoms with Crippen molar-refractivity contribution in [2.75, 3.05) is 0 Å². The van der Waals surface area contributed by atoms with E-state index in [2.05, 4.69) is 12.2 Å². The molecule has 0 saturated carbocycles. The lowest BCUT2D eigenvalue weighted by atomic mass is 10.1. The number of carboxylic acids is 1. The van der Waals surface area contributed by atoms with Crippen LogP contribution in [0.25, 0.3) is 0 Å². The summed E-state index contributed by atoms with van der Waals surface area (Å²) in [7, 11) is 0. The van der Waals surface area contributed by atoms with E-state index in [1.54, 1.807) is 12.3 Å². The zero-order valence-corrected chi connectivity index (χ0v) is 11.6. The fourth-order valence-electron chi connectivity index (χ4n) is 1.99. The maximum Gasteiger partial charge on any atom is 0.352 e. The normalized spacial score (nSPS) is 12.1. The lowest BCUT2D eigenvalue weighted by molar-refractivity contribution is -0.122. The lowest BCUT2D eigenvalue weighted by Gasteiger charge is -2.14. The fourth-order valence-corrected chi connectivity index (χ4v) is 1.99. The van der Waals surface area contributed by atoms with Crippen LogP contribution in [-0.4, -0.2) is 27.6 Å². The van der Waals surface area contributed by atoms with Gasteiger partial charge in [0.2, 0.25) is 5.91 Å². The highest BCUT2D eigenvalue weighted by atomic mass is 16.4. The first kappa shape index (κ1) is 15.3. The molecule has 1 rings (SSSR count). The van der Waals surface area contributed by atoms with Gasteiger partial charge in [-0.1, -0.05) is 26.2 Å². The minimum Gasteiger partial charge on any atom is -0.477 e. The second kappa shape index (κ2) is 7.61. The van der Waals surface area contributed by atoms with Crippen LogP contribution in [0.2, 0.25) is 0 Å². The molecule has 106 valence electrons. The third kappa shape index (κ3) is 5.16. The molecule has 0 aliphatic carbocycles. The van der Waals surface area contributed by atoms with E-state index in [1.165, 1.54) is 17.1 Å². The van der Waals surface area contributed by atoms with Crippen LogP contribution in [0.15, 0.2) is 18.3 Å². The van der Waals surface area contributed by atoms with Crippen LogP contribution in [0.3, 0.4) is 0 Å². The molecule has 0 fully saturated rings. The van der Waals surface area contributed by atoms with E-state index in [0.717, 1.165) is 19.3 Å². The molecule has 0 aliphatic heterocycles. The van der Waals surface area contributed by atoms with E-state index < -0.39 is 5.97 Å². The lowest BCUT2D eigenvalue weighted by Crippen LogP contribution is -2.35. The van der Waals surface area contributed by atoms with Gasteiger partial charge in [0.25, 0.3) is 0 Å². The Hall–Kier alpha value is -1.78. The molecule has 1 amide bonds. The topological polar surface area (TPSA) is 71.3 Å². The van der Waals surface area contributed by atoms with Gasteiger partial charge in [-0.05, 0) is 25.5 Å². The van der Waals surface area contributed by atoms with Gasteiger partial charge in [-0.3, -0.25) is 4.79 Å². The molecule has 1 unspecified atom stereocenters. The summed E-state index contributed by atoms with van der Waals surface area (Å²) in [5, 5.41) is 11.8. The van der Waals surface area contributed by atoms with Crippen molar-refractivity contribution in [2.24, 2.45) is 0 Å². The Bertz CT molecular complexity index is 426. The van der Waals surface area contributed by atoms with Crippen molar-refractivity contribution in [3.05, 3.63) is 24.0 Å². The van der Waals surface area contributed by atoms with E-state index in [1.807, 2.05) is 6.92 Å². The quantitative estimate of drug-likeness (QED) is 0.709. The molecule has 0 saturated heterocycles. The molecular weight excluding hydrogens is 244 g/mol. The van der Waals surface area contributed by atoms with E-state index in [9.17, 15) is 9.59 Å². The van der Waals surface area contributed by atoms with Crippen molar-refractivity contribution in [3.8, 4) is 0 Å². The average molecular weight is 266 g/mol. The van der Waals surface area contributed by atoms with Crippen LogP contribution in [0.1, 0.15) is 50.0 Å². The second-order valence-corrected chi connectivity index (χ2v) is 4.79. The van der Waals surface area contributed by atoms with Gasteiger partial charge in [0.15, 0.2) is 0 Å². The molecule has 19 heavy (non-hydrogen) atoms. The highest BCUT2D eigenvalue weighted by molar-refractivity contribution is 5.86. The van der Waals surface area contributed by atoms with Crippen molar-refractivity contribution in [1.29, 1.82) is 0 Å². The number of aromatic carboxylic acids is 1. The molecule has 1 heterocycles. The second-order valence-electron chi connectivity index (χ2n) is 4.79. The van der Waals surface area contributed by atoms with Crippen molar-refractivity contribution < 1.29 is 14.7 Å². The van der Waals surface area contributed by atoms with Crippen LogP contribution in [-0.2, 0) is 11.3 Å². The predicted octanol–water partition coefficient (Wildman–Crippen LogP) is 2.27. The molecule has 0 aliphatic rings. The molecule has 0 radical (unpaired) electrons. The van der Waals surface area contributed by atoms with Gasteiger partial charge in [-0.15, -0.1) is 0 Å². The SMILES string of the molecule is CCCCCC(C)NC(=O)Cn1cccc1C(=O)O. The van der Waals surface area contributed by atoms with Gasteiger partial charge in [0, 0.05) is 12.2 Å². The predicted molar refractivity (Wildman–Crippen MR) is 73.1 cm³/mol. The number of hydrogen-bond donors (Lipinski definition) is 2. The summed E-state index contributed by atoms with van der Waals surface area (Å²) in [6, 6.07) is 3.24. The Morgan fingerprint density at radius 2 is 2.16 bits per heavy atom. The van der Waals surface area contributed by atoms with Crippen molar-refractivity contribution >= 4 is 11.9 Å². The summed E-state index contributed by atoms with van der Waals surface area (Å²) < 4.78 is 1.44. The molecule has 0 aromatic carbocycles. The molecule has 1 aromatic rings. The molecule has 5 heteroatoms. The van der Waals surface area contributed by atoms with Crippen LogP contribution in [0, 0.1) is 0 Å². The summed E-state index contributed by atoms with van der Waals surface area (Å²) in [5.74, 6) is -1.17. The van der Waals surface area contributed by atoms with Crippen molar-refractivity contribution in [2.45, 2.75) is 52.1 Å². The minimum absolute atomic E-state index is 0.0484. The third-order valence-corrected chi connectivity index (χ3v) is 3.01. The van der Waals surface area contributed by atoms with E-state index >= 15 is 0 Å². The molecule has 0 spiro atoms. The maximum absolute atomic E-state index is 11.8. The van der Waals surface area contributed by atoms with Crippen LogP contribution in [0.4, 0.5) is 0 Å². The van der Waals surface area contributed by atoms with Crippen molar-refractivity contribution in [1.82, 2.24) is 9.88 Å². The monoisotopic (exact) mass is 266 g/mol. The van der Waals surface area contributed by atoms with Gasteiger partial charge in [-0.2, -0.15) is 0 Å². The van der Waals surface area contributed by atoms with E-state index in [0.29, 0.717) is 0 Å². The largest absolute Gasteiger partial charge is 0.477 e. The molecule has 2 N–H and O–H groups in total. The molecule has 0 bridgehead atoms. The number of rotatable bonds is 8. The highest BCUT2D eigenvalue weighted by Crippen LogP contribution is 2.04. The van der Waals surface area contributed by atoms with Gasteiger partial charge >= 0.3 is 5.97 Å². The van der Waals surface area contributed by atoms with E-state index in [-0.39, 0.29) is 24.2 Å². The van der Waals surface area contributed by atoms with Gasteiger partial charge < -0.3 is 15.0 Å². The van der Waals surface area contributed by atoms with Gasteiger partial charge in [0.1, 0.15) is 12.2 Å². The Kier molecular flexibility index (Phi) is 6.12. The molecule has 1 aromatic heterocycles. The average Bonchev–Trinajstić information content (AvgIpc) is 2.77. The number of unbranched alkanes of at least 4 members (excludes halogenated alkanes) is 2. The summed E-state index contributed by atoms with van der Waals surface area (Å²) >= 11 is 0. The smallest absolute Gasteiger partial charge is 0.352 e. The Morgan fingerprint density at radius 3 is 2.79 bits per heavy atom. The van der Waals surface area contributed by atoms with Crippen molar-refractivity contribution in [3.63, 3.8) is 0 Å². The molecule has 1 atom stereocenters. The number of aromatic nitrogens is 1. The van der Waals surface area contributed by atoms with Gasteiger partial charge in [0.05, 0.1) is 0 Å². The zero-order valence-electron chi connectivity index (χ0n) is 11.6.